The normalized spacial score (nSPS) is 14.4. The fourth-order valence-electron chi connectivity index (χ4n) is 1.46. The quantitative estimate of drug-likeness (QED) is 0.804. The minimum Gasteiger partial charge on any atom is -0.444 e. The molecule has 2 atom stereocenters. The van der Waals surface area contributed by atoms with Crippen molar-refractivity contribution in [2.24, 2.45) is 5.92 Å². The third-order valence-corrected chi connectivity index (χ3v) is 2.48. The van der Waals surface area contributed by atoms with Crippen LogP contribution in [0.15, 0.2) is 0 Å². The predicted octanol–water partition coefficient (Wildman–Crippen LogP) is 1.63. The summed E-state index contributed by atoms with van der Waals surface area (Å²) in [5, 5.41) is 5.00. The standard InChI is InChI=1S/C14H26N2O4/c1-8(2)11(17)9(3)15-12(18)10(4)16-13(19)20-14(5,6)7/h8-10H,1-7H3,(H,15,18)(H,16,19)/t9-,10-/m0/s1. The average Bonchev–Trinajstić information content (AvgIpc) is 2.24. The molecule has 0 aliphatic heterocycles. The predicted molar refractivity (Wildman–Crippen MR) is 76.3 cm³/mol. The molecule has 0 aliphatic carbocycles. The van der Waals surface area contributed by atoms with Gasteiger partial charge in [-0.15, -0.1) is 0 Å². The molecule has 6 heteroatoms. The summed E-state index contributed by atoms with van der Waals surface area (Å²) < 4.78 is 5.05. The van der Waals surface area contributed by atoms with Crippen molar-refractivity contribution in [2.75, 3.05) is 0 Å². The molecule has 2 amide bonds. The van der Waals surface area contributed by atoms with Crippen LogP contribution in [-0.4, -0.2) is 35.5 Å². The number of ether oxygens (including phenoxy) is 1. The molecule has 0 rings (SSSR count). The number of rotatable bonds is 5. The SMILES string of the molecule is CC(C)C(=O)[C@H](C)NC(=O)[C@H](C)NC(=O)OC(C)(C)C. The second-order valence-electron chi connectivity index (χ2n) is 6.16. The van der Waals surface area contributed by atoms with Gasteiger partial charge in [0.05, 0.1) is 6.04 Å². The highest BCUT2D eigenvalue weighted by atomic mass is 16.6. The molecule has 0 saturated heterocycles. The molecule has 0 aromatic carbocycles. The summed E-state index contributed by atoms with van der Waals surface area (Å²) >= 11 is 0. The van der Waals surface area contributed by atoms with E-state index < -0.39 is 29.7 Å². The van der Waals surface area contributed by atoms with Gasteiger partial charge in [-0.3, -0.25) is 9.59 Å². The number of carbonyl (C=O) groups is 3. The highest BCUT2D eigenvalue weighted by molar-refractivity contribution is 5.92. The summed E-state index contributed by atoms with van der Waals surface area (Å²) in [5.41, 5.74) is -0.624. The van der Waals surface area contributed by atoms with Crippen LogP contribution in [-0.2, 0) is 14.3 Å². The van der Waals surface area contributed by atoms with Gasteiger partial charge in [-0.05, 0) is 34.6 Å². The molecule has 0 spiro atoms. The number of carbonyl (C=O) groups excluding carboxylic acids is 3. The molecule has 0 saturated carbocycles. The number of ketones is 1. The largest absolute Gasteiger partial charge is 0.444 e. The lowest BCUT2D eigenvalue weighted by Gasteiger charge is -2.22. The zero-order valence-corrected chi connectivity index (χ0v) is 13.4. The maximum Gasteiger partial charge on any atom is 0.408 e. The Morgan fingerprint density at radius 2 is 1.40 bits per heavy atom. The number of nitrogens with one attached hydrogen (secondary N) is 2. The molecule has 116 valence electrons. The van der Waals surface area contributed by atoms with Gasteiger partial charge >= 0.3 is 6.09 Å². The van der Waals surface area contributed by atoms with Crippen LogP contribution < -0.4 is 10.6 Å². The van der Waals surface area contributed by atoms with Crippen molar-refractivity contribution in [2.45, 2.75) is 66.2 Å². The average molecular weight is 286 g/mol. The van der Waals surface area contributed by atoms with Crippen LogP contribution in [0, 0.1) is 5.92 Å². The first-order valence-electron chi connectivity index (χ1n) is 6.77. The molecule has 6 nitrogen and oxygen atoms in total. The number of Topliss-reactive ketones (excluding diaryl/α,β-unsaturated/α-hetero) is 1. The number of hydrogen-bond acceptors (Lipinski definition) is 4. The molecule has 0 aromatic heterocycles. The second kappa shape index (κ2) is 7.26. The van der Waals surface area contributed by atoms with Gasteiger partial charge in [0.2, 0.25) is 5.91 Å². The lowest BCUT2D eigenvalue weighted by molar-refractivity contribution is -0.129. The van der Waals surface area contributed by atoms with Crippen LogP contribution in [0.3, 0.4) is 0 Å². The molecule has 0 heterocycles. The van der Waals surface area contributed by atoms with E-state index in [-0.39, 0.29) is 11.7 Å². The third kappa shape index (κ3) is 7.11. The van der Waals surface area contributed by atoms with Crippen molar-refractivity contribution >= 4 is 17.8 Å². The molecule has 0 bridgehead atoms. The van der Waals surface area contributed by atoms with Crippen molar-refractivity contribution < 1.29 is 19.1 Å². The Bertz CT molecular complexity index is 372. The topological polar surface area (TPSA) is 84.5 Å². The highest BCUT2D eigenvalue weighted by Crippen LogP contribution is 2.06. The van der Waals surface area contributed by atoms with Gasteiger partial charge in [0.25, 0.3) is 0 Å². The molecular weight excluding hydrogens is 260 g/mol. The van der Waals surface area contributed by atoms with E-state index in [1.807, 2.05) is 0 Å². The molecule has 0 radical (unpaired) electrons. The molecular formula is C14H26N2O4. The van der Waals surface area contributed by atoms with Crippen LogP contribution in [0.5, 0.6) is 0 Å². The fraction of sp³-hybridized carbons (Fsp3) is 0.786. The monoisotopic (exact) mass is 286 g/mol. The van der Waals surface area contributed by atoms with Crippen molar-refractivity contribution in [3.8, 4) is 0 Å². The van der Waals surface area contributed by atoms with Crippen molar-refractivity contribution in [1.82, 2.24) is 10.6 Å². The Morgan fingerprint density at radius 3 is 1.80 bits per heavy atom. The summed E-state index contributed by atoms with van der Waals surface area (Å²) in [4.78, 5) is 35.1. The van der Waals surface area contributed by atoms with Crippen LogP contribution in [0.1, 0.15) is 48.5 Å². The van der Waals surface area contributed by atoms with Crippen molar-refractivity contribution in [3.05, 3.63) is 0 Å². The molecule has 0 unspecified atom stereocenters. The fourth-order valence-corrected chi connectivity index (χ4v) is 1.46. The summed E-state index contributed by atoms with van der Waals surface area (Å²) in [6.45, 7) is 11.9. The van der Waals surface area contributed by atoms with E-state index in [1.165, 1.54) is 6.92 Å². The molecule has 0 aliphatic rings. The third-order valence-electron chi connectivity index (χ3n) is 2.48. The van der Waals surface area contributed by atoms with E-state index in [2.05, 4.69) is 10.6 Å². The van der Waals surface area contributed by atoms with E-state index in [4.69, 9.17) is 4.74 Å². The summed E-state index contributed by atoms with van der Waals surface area (Å²) in [7, 11) is 0. The van der Waals surface area contributed by atoms with E-state index in [0.717, 1.165) is 0 Å². The van der Waals surface area contributed by atoms with Gasteiger partial charge in [-0.1, -0.05) is 13.8 Å². The number of amides is 2. The Labute approximate surface area is 120 Å². The zero-order valence-electron chi connectivity index (χ0n) is 13.4. The number of hydrogen-bond donors (Lipinski definition) is 2. The minimum atomic E-state index is -0.771. The van der Waals surface area contributed by atoms with Crippen LogP contribution in [0.2, 0.25) is 0 Å². The summed E-state index contributed by atoms with van der Waals surface area (Å²) in [6, 6.07) is -1.35. The van der Waals surface area contributed by atoms with Crippen LogP contribution in [0.25, 0.3) is 0 Å². The Hall–Kier alpha value is -1.59. The first-order valence-corrected chi connectivity index (χ1v) is 6.77. The van der Waals surface area contributed by atoms with Gasteiger partial charge < -0.3 is 15.4 Å². The van der Waals surface area contributed by atoms with Gasteiger partial charge in [0.15, 0.2) is 5.78 Å². The maximum atomic E-state index is 11.8. The zero-order chi connectivity index (χ0) is 16.1. The maximum absolute atomic E-state index is 11.8. The van der Waals surface area contributed by atoms with Crippen LogP contribution >= 0.6 is 0 Å². The van der Waals surface area contributed by atoms with Crippen molar-refractivity contribution in [3.63, 3.8) is 0 Å². The first-order chi connectivity index (χ1) is 8.94. The second-order valence-corrected chi connectivity index (χ2v) is 6.16. The molecule has 20 heavy (non-hydrogen) atoms. The molecule has 0 fully saturated rings. The molecule has 0 aromatic rings. The first kappa shape index (κ1) is 18.4. The smallest absolute Gasteiger partial charge is 0.408 e. The van der Waals surface area contributed by atoms with E-state index >= 15 is 0 Å². The van der Waals surface area contributed by atoms with Gasteiger partial charge in [-0.2, -0.15) is 0 Å². The lowest BCUT2D eigenvalue weighted by atomic mass is 10.0. The van der Waals surface area contributed by atoms with Gasteiger partial charge in [0, 0.05) is 5.92 Å². The van der Waals surface area contributed by atoms with Crippen molar-refractivity contribution in [1.29, 1.82) is 0 Å². The Kier molecular flexibility index (Phi) is 6.68. The van der Waals surface area contributed by atoms with Gasteiger partial charge in [-0.25, -0.2) is 4.79 Å². The molecule has 2 N–H and O–H groups in total. The van der Waals surface area contributed by atoms with E-state index in [9.17, 15) is 14.4 Å². The number of alkyl carbamates (subject to hydrolysis) is 1. The highest BCUT2D eigenvalue weighted by Gasteiger charge is 2.24. The van der Waals surface area contributed by atoms with Crippen LogP contribution in [0.4, 0.5) is 4.79 Å². The minimum absolute atomic E-state index is 0.0529. The van der Waals surface area contributed by atoms with Gasteiger partial charge in [0.1, 0.15) is 11.6 Å². The Balaban J connectivity index is 4.36. The summed E-state index contributed by atoms with van der Waals surface area (Å²) in [6.07, 6.45) is -0.664. The van der Waals surface area contributed by atoms with E-state index in [1.54, 1.807) is 41.5 Å². The Morgan fingerprint density at radius 1 is 0.900 bits per heavy atom. The lowest BCUT2D eigenvalue weighted by Crippen LogP contribution is -2.50. The summed E-state index contributed by atoms with van der Waals surface area (Å²) in [5.74, 6) is -0.625. The van der Waals surface area contributed by atoms with E-state index in [0.29, 0.717) is 0 Å².